The predicted molar refractivity (Wildman–Crippen MR) is 101 cm³/mol. The number of thiophene rings is 1. The first-order chi connectivity index (χ1) is 12.7. The minimum atomic E-state index is -1.03. The highest BCUT2D eigenvalue weighted by Gasteiger charge is 2.21. The second-order valence-electron chi connectivity index (χ2n) is 5.90. The Morgan fingerprint density at radius 1 is 1.27 bits per heavy atom. The van der Waals surface area contributed by atoms with Crippen LogP contribution in [-0.4, -0.2) is 45.8 Å². The number of nitrogens with one attached hydrogen (secondary N) is 3. The van der Waals surface area contributed by atoms with Gasteiger partial charge in [0, 0.05) is 42.5 Å². The lowest BCUT2D eigenvalue weighted by molar-refractivity contribution is 0.195. The molecule has 8 nitrogen and oxygen atoms in total. The molecule has 0 aliphatic carbocycles. The Labute approximate surface area is 153 Å². The van der Waals surface area contributed by atoms with Crippen LogP contribution in [0.4, 0.5) is 10.6 Å². The van der Waals surface area contributed by atoms with Crippen molar-refractivity contribution in [1.82, 2.24) is 25.6 Å². The number of fused-ring (bicyclic) bond motifs is 3. The minimum Gasteiger partial charge on any atom is -0.465 e. The van der Waals surface area contributed by atoms with E-state index in [1.807, 2.05) is 12.1 Å². The molecule has 3 aromatic rings. The summed E-state index contributed by atoms with van der Waals surface area (Å²) in [6.45, 7) is 2.54. The summed E-state index contributed by atoms with van der Waals surface area (Å²) in [6, 6.07) is 3.76. The van der Waals surface area contributed by atoms with Gasteiger partial charge in [0.25, 0.3) is 0 Å². The molecule has 0 unspecified atom stereocenters. The summed E-state index contributed by atoms with van der Waals surface area (Å²) < 4.78 is 0. The molecule has 4 heterocycles. The van der Waals surface area contributed by atoms with Gasteiger partial charge < -0.3 is 21.1 Å². The lowest BCUT2D eigenvalue weighted by Crippen LogP contribution is -2.27. The van der Waals surface area contributed by atoms with Crippen molar-refractivity contribution in [3.63, 3.8) is 0 Å². The first-order valence-electron chi connectivity index (χ1n) is 8.36. The molecule has 9 heteroatoms. The van der Waals surface area contributed by atoms with Gasteiger partial charge in [0.2, 0.25) is 0 Å². The highest BCUT2D eigenvalue weighted by Crippen LogP contribution is 2.37. The summed E-state index contributed by atoms with van der Waals surface area (Å²) in [5.41, 5.74) is 2.19. The van der Waals surface area contributed by atoms with E-state index in [-0.39, 0.29) is 0 Å². The predicted octanol–water partition coefficient (Wildman–Crippen LogP) is 2.08. The normalized spacial score (nSPS) is 13.4. The first kappa shape index (κ1) is 16.7. The van der Waals surface area contributed by atoms with Crippen molar-refractivity contribution < 1.29 is 9.90 Å². The van der Waals surface area contributed by atoms with Crippen LogP contribution in [0.1, 0.15) is 10.4 Å². The van der Waals surface area contributed by atoms with Gasteiger partial charge in [-0.15, -0.1) is 11.3 Å². The van der Waals surface area contributed by atoms with E-state index < -0.39 is 6.09 Å². The second-order valence-corrected chi connectivity index (χ2v) is 6.98. The molecule has 0 spiro atoms. The van der Waals surface area contributed by atoms with Crippen LogP contribution in [0.3, 0.4) is 0 Å². The largest absolute Gasteiger partial charge is 0.465 e. The van der Waals surface area contributed by atoms with Crippen LogP contribution < -0.4 is 16.0 Å². The van der Waals surface area contributed by atoms with Crippen LogP contribution in [0, 0.1) is 0 Å². The van der Waals surface area contributed by atoms with Gasteiger partial charge in [-0.2, -0.15) is 0 Å². The van der Waals surface area contributed by atoms with Crippen LogP contribution in [0.5, 0.6) is 0 Å². The van der Waals surface area contributed by atoms with E-state index in [9.17, 15) is 4.79 Å². The van der Waals surface area contributed by atoms with Crippen molar-refractivity contribution in [3.05, 3.63) is 35.0 Å². The second kappa shape index (κ2) is 7.22. The molecule has 134 valence electrons. The van der Waals surface area contributed by atoms with E-state index in [2.05, 4.69) is 20.9 Å². The number of rotatable bonds is 5. The van der Waals surface area contributed by atoms with Gasteiger partial charge in [-0.05, 0) is 30.7 Å². The summed E-state index contributed by atoms with van der Waals surface area (Å²) in [6.07, 6.45) is 3.35. The lowest BCUT2D eigenvalue weighted by atomic mass is 10.1. The molecule has 0 atom stereocenters. The van der Waals surface area contributed by atoms with Crippen molar-refractivity contribution in [2.75, 3.05) is 25.0 Å². The Morgan fingerprint density at radius 3 is 2.92 bits per heavy atom. The van der Waals surface area contributed by atoms with E-state index in [4.69, 9.17) is 15.1 Å². The van der Waals surface area contributed by atoms with Gasteiger partial charge in [-0.25, -0.2) is 14.8 Å². The standard InChI is InChI=1S/C17H18N6O2S/c24-17(25)21-8-7-20-15-13-11-3-6-19-9-12(11)26-16(13)23-14(22-15)10-1-4-18-5-2-10/h1-2,4-5,19,21H,3,6-9H2,(H,24,25)(H,20,22,23). The Morgan fingerprint density at radius 2 is 2.12 bits per heavy atom. The van der Waals surface area contributed by atoms with Gasteiger partial charge in [0.05, 0.1) is 5.39 Å². The van der Waals surface area contributed by atoms with Crippen LogP contribution in [0.25, 0.3) is 21.6 Å². The molecule has 26 heavy (non-hydrogen) atoms. The monoisotopic (exact) mass is 370 g/mol. The molecule has 0 bridgehead atoms. The van der Waals surface area contributed by atoms with Gasteiger partial charge in [-0.1, -0.05) is 0 Å². The van der Waals surface area contributed by atoms with Crippen molar-refractivity contribution in [2.24, 2.45) is 0 Å². The molecular formula is C17H18N6O2S. The topological polar surface area (TPSA) is 112 Å². The zero-order chi connectivity index (χ0) is 17.9. The van der Waals surface area contributed by atoms with Crippen LogP contribution >= 0.6 is 11.3 Å². The maximum absolute atomic E-state index is 10.6. The molecule has 0 aromatic carbocycles. The maximum Gasteiger partial charge on any atom is 0.404 e. The number of hydrogen-bond donors (Lipinski definition) is 4. The lowest BCUT2D eigenvalue weighted by Gasteiger charge is -2.14. The maximum atomic E-state index is 10.6. The van der Waals surface area contributed by atoms with Crippen LogP contribution in [-0.2, 0) is 13.0 Å². The van der Waals surface area contributed by atoms with E-state index in [1.54, 1.807) is 23.7 Å². The average Bonchev–Trinajstić information content (AvgIpc) is 3.04. The number of amides is 1. The van der Waals surface area contributed by atoms with Crippen LogP contribution in [0.15, 0.2) is 24.5 Å². The molecule has 0 fully saturated rings. The summed E-state index contributed by atoms with van der Waals surface area (Å²) in [4.78, 5) is 26.4. The van der Waals surface area contributed by atoms with Crippen molar-refractivity contribution in [1.29, 1.82) is 0 Å². The number of pyridine rings is 1. The quantitative estimate of drug-likeness (QED) is 0.509. The number of anilines is 1. The summed E-state index contributed by atoms with van der Waals surface area (Å²) >= 11 is 1.69. The molecule has 0 saturated heterocycles. The third-order valence-electron chi connectivity index (χ3n) is 4.20. The van der Waals surface area contributed by atoms with Crippen molar-refractivity contribution in [3.8, 4) is 11.4 Å². The SMILES string of the molecule is O=C(O)NCCNc1nc(-c2ccncc2)nc2sc3c(c12)CCNC3. The fourth-order valence-electron chi connectivity index (χ4n) is 3.03. The number of hydrogen-bond acceptors (Lipinski definition) is 7. The molecule has 4 N–H and O–H groups in total. The van der Waals surface area contributed by atoms with Crippen molar-refractivity contribution >= 4 is 33.5 Å². The summed E-state index contributed by atoms with van der Waals surface area (Å²) in [7, 11) is 0. The molecule has 1 amide bonds. The zero-order valence-corrected chi connectivity index (χ0v) is 14.8. The van der Waals surface area contributed by atoms with Crippen LogP contribution in [0.2, 0.25) is 0 Å². The Balaban J connectivity index is 1.75. The molecule has 3 aromatic heterocycles. The van der Waals surface area contributed by atoms with Gasteiger partial charge in [0.1, 0.15) is 10.6 Å². The summed E-state index contributed by atoms with van der Waals surface area (Å²) in [5.74, 6) is 1.40. The van der Waals surface area contributed by atoms with E-state index >= 15 is 0 Å². The highest BCUT2D eigenvalue weighted by atomic mass is 32.1. The minimum absolute atomic E-state index is 0.305. The zero-order valence-electron chi connectivity index (χ0n) is 14.0. The Hall–Kier alpha value is -2.78. The average molecular weight is 370 g/mol. The molecule has 0 radical (unpaired) electrons. The van der Waals surface area contributed by atoms with Gasteiger partial charge >= 0.3 is 6.09 Å². The number of carboxylic acid groups (broad SMARTS) is 1. The highest BCUT2D eigenvalue weighted by molar-refractivity contribution is 7.19. The third-order valence-corrected chi connectivity index (χ3v) is 5.33. The van der Waals surface area contributed by atoms with E-state index in [0.717, 1.165) is 41.1 Å². The molecule has 1 aliphatic heterocycles. The smallest absolute Gasteiger partial charge is 0.404 e. The fourth-order valence-corrected chi connectivity index (χ4v) is 4.22. The first-order valence-corrected chi connectivity index (χ1v) is 9.18. The molecular weight excluding hydrogens is 352 g/mol. The van der Waals surface area contributed by atoms with Gasteiger partial charge in [0.15, 0.2) is 5.82 Å². The molecule has 0 saturated carbocycles. The number of aromatic nitrogens is 3. The third kappa shape index (κ3) is 3.31. The number of carbonyl (C=O) groups is 1. The summed E-state index contributed by atoms with van der Waals surface area (Å²) in [5, 5.41) is 18.8. The molecule has 1 aliphatic rings. The van der Waals surface area contributed by atoms with E-state index in [0.29, 0.717) is 18.9 Å². The van der Waals surface area contributed by atoms with E-state index in [1.165, 1.54) is 10.4 Å². The number of nitrogens with zero attached hydrogens (tertiary/aromatic N) is 3. The Bertz CT molecular complexity index is 943. The van der Waals surface area contributed by atoms with Crippen molar-refractivity contribution in [2.45, 2.75) is 13.0 Å². The molecule has 4 rings (SSSR count). The van der Waals surface area contributed by atoms with Gasteiger partial charge in [-0.3, -0.25) is 4.98 Å². The Kier molecular flexibility index (Phi) is 4.63. The fraction of sp³-hybridized carbons (Fsp3) is 0.294.